The number of fused-ring (bicyclic) bond motifs is 1. The van der Waals surface area contributed by atoms with Gasteiger partial charge in [-0.05, 0) is 24.3 Å². The second kappa shape index (κ2) is 8.05. The highest BCUT2D eigenvalue weighted by molar-refractivity contribution is 5.92. The summed E-state index contributed by atoms with van der Waals surface area (Å²) < 4.78 is 11.3. The number of guanidine groups is 1. The van der Waals surface area contributed by atoms with Crippen molar-refractivity contribution in [2.24, 2.45) is 10.7 Å². The zero-order chi connectivity index (χ0) is 16.6. The monoisotopic (exact) mass is 327 g/mol. The Hall–Kier alpha value is -2.96. The van der Waals surface area contributed by atoms with E-state index in [4.69, 9.17) is 15.2 Å². The minimum atomic E-state index is 0.362. The first kappa shape index (κ1) is 15.9. The molecule has 1 aromatic heterocycles. The van der Waals surface area contributed by atoms with Crippen molar-refractivity contribution in [2.75, 3.05) is 36.9 Å². The average Bonchev–Trinajstić information content (AvgIpc) is 2.84. The number of nitrogens with one attached hydrogen (secondary N) is 2. The molecule has 1 aliphatic heterocycles. The van der Waals surface area contributed by atoms with Gasteiger partial charge in [-0.15, -0.1) is 0 Å². The predicted molar refractivity (Wildman–Crippen MR) is 94.9 cm³/mol. The van der Waals surface area contributed by atoms with E-state index in [1.165, 1.54) is 0 Å². The number of rotatable bonds is 5. The maximum atomic E-state index is 5.92. The SMILES string of the molecule is NC(=NCCNc1ccncc1)Nc1ccc2c(c1)OCCCO2. The summed E-state index contributed by atoms with van der Waals surface area (Å²) in [7, 11) is 0. The lowest BCUT2D eigenvalue weighted by molar-refractivity contribution is 0.297. The summed E-state index contributed by atoms with van der Waals surface area (Å²) in [6.45, 7) is 2.58. The topological polar surface area (TPSA) is 93.8 Å². The molecule has 126 valence electrons. The van der Waals surface area contributed by atoms with Crippen LogP contribution < -0.4 is 25.8 Å². The number of pyridine rings is 1. The van der Waals surface area contributed by atoms with Crippen molar-refractivity contribution < 1.29 is 9.47 Å². The van der Waals surface area contributed by atoms with E-state index < -0.39 is 0 Å². The molecule has 7 nitrogen and oxygen atoms in total. The van der Waals surface area contributed by atoms with Crippen LogP contribution in [0.2, 0.25) is 0 Å². The van der Waals surface area contributed by atoms with Crippen molar-refractivity contribution >= 4 is 17.3 Å². The summed E-state index contributed by atoms with van der Waals surface area (Å²) in [6.07, 6.45) is 4.36. The van der Waals surface area contributed by atoms with Gasteiger partial charge in [0.05, 0.1) is 19.8 Å². The molecule has 0 bridgehead atoms. The third-order valence-corrected chi connectivity index (χ3v) is 3.42. The van der Waals surface area contributed by atoms with Crippen LogP contribution in [0.4, 0.5) is 11.4 Å². The molecule has 4 N–H and O–H groups in total. The van der Waals surface area contributed by atoms with E-state index in [0.717, 1.165) is 29.3 Å². The number of hydrogen-bond donors (Lipinski definition) is 3. The standard InChI is InChI=1S/C17H21N5O2/c18-17(21-9-8-20-13-4-6-19-7-5-13)22-14-2-3-15-16(12-14)24-11-1-10-23-15/h2-7,12H,1,8-11H2,(H,19,20)(H3,18,21,22). The Kier molecular flexibility index (Phi) is 5.34. The highest BCUT2D eigenvalue weighted by Crippen LogP contribution is 2.32. The molecule has 0 saturated heterocycles. The van der Waals surface area contributed by atoms with E-state index in [-0.39, 0.29) is 0 Å². The van der Waals surface area contributed by atoms with E-state index in [2.05, 4.69) is 20.6 Å². The molecule has 0 spiro atoms. The molecule has 3 rings (SSSR count). The lowest BCUT2D eigenvalue weighted by Gasteiger charge is -2.11. The van der Waals surface area contributed by atoms with Crippen LogP contribution in [-0.4, -0.2) is 37.2 Å². The highest BCUT2D eigenvalue weighted by atomic mass is 16.5. The number of ether oxygens (including phenoxy) is 2. The van der Waals surface area contributed by atoms with Gasteiger partial charge in [-0.2, -0.15) is 0 Å². The van der Waals surface area contributed by atoms with Gasteiger partial charge in [0.1, 0.15) is 0 Å². The largest absolute Gasteiger partial charge is 0.490 e. The van der Waals surface area contributed by atoms with Crippen LogP contribution >= 0.6 is 0 Å². The number of aromatic nitrogens is 1. The van der Waals surface area contributed by atoms with Gasteiger partial charge >= 0.3 is 0 Å². The van der Waals surface area contributed by atoms with Gasteiger partial charge in [0, 0.05) is 42.8 Å². The van der Waals surface area contributed by atoms with Gasteiger partial charge in [-0.1, -0.05) is 0 Å². The normalized spacial score (nSPS) is 13.9. The van der Waals surface area contributed by atoms with E-state index in [1.54, 1.807) is 12.4 Å². The summed E-state index contributed by atoms with van der Waals surface area (Å²) in [5, 5.41) is 6.31. The van der Waals surface area contributed by atoms with Crippen molar-refractivity contribution in [1.82, 2.24) is 4.98 Å². The Balaban J connectivity index is 1.50. The molecule has 0 saturated carbocycles. The maximum absolute atomic E-state index is 5.92. The van der Waals surface area contributed by atoms with Gasteiger partial charge in [0.15, 0.2) is 17.5 Å². The maximum Gasteiger partial charge on any atom is 0.193 e. The van der Waals surface area contributed by atoms with Crippen LogP contribution in [0.5, 0.6) is 11.5 Å². The molecule has 0 amide bonds. The summed E-state index contributed by atoms with van der Waals surface area (Å²) in [5.74, 6) is 1.85. The Labute approximate surface area is 140 Å². The molecular weight excluding hydrogens is 306 g/mol. The molecule has 0 fully saturated rings. The van der Waals surface area contributed by atoms with Crippen molar-refractivity contribution in [3.63, 3.8) is 0 Å². The Morgan fingerprint density at radius 3 is 2.71 bits per heavy atom. The number of benzene rings is 1. The van der Waals surface area contributed by atoms with Gasteiger partial charge in [-0.25, -0.2) is 0 Å². The van der Waals surface area contributed by atoms with Crippen molar-refractivity contribution in [3.05, 3.63) is 42.7 Å². The highest BCUT2D eigenvalue weighted by Gasteiger charge is 2.10. The fourth-order valence-corrected chi connectivity index (χ4v) is 2.27. The second-order valence-electron chi connectivity index (χ2n) is 5.27. The van der Waals surface area contributed by atoms with E-state index in [1.807, 2.05) is 30.3 Å². The molecular formula is C17H21N5O2. The number of nitrogens with two attached hydrogens (primary N) is 1. The molecule has 24 heavy (non-hydrogen) atoms. The zero-order valence-electron chi connectivity index (χ0n) is 13.4. The fourth-order valence-electron chi connectivity index (χ4n) is 2.27. The van der Waals surface area contributed by atoms with Crippen molar-refractivity contribution in [3.8, 4) is 11.5 Å². The summed E-state index contributed by atoms with van der Waals surface area (Å²) in [6, 6.07) is 9.46. The lowest BCUT2D eigenvalue weighted by atomic mass is 10.3. The number of hydrogen-bond acceptors (Lipinski definition) is 5. The van der Waals surface area contributed by atoms with Gasteiger partial charge in [0.25, 0.3) is 0 Å². The van der Waals surface area contributed by atoms with Crippen molar-refractivity contribution in [2.45, 2.75) is 6.42 Å². The molecule has 1 aliphatic rings. The number of anilines is 2. The summed E-state index contributed by atoms with van der Waals surface area (Å²) >= 11 is 0. The van der Waals surface area contributed by atoms with Crippen LogP contribution in [0.3, 0.4) is 0 Å². The fraction of sp³-hybridized carbons (Fsp3) is 0.294. The Morgan fingerprint density at radius 2 is 1.88 bits per heavy atom. The molecule has 0 aliphatic carbocycles. The van der Waals surface area contributed by atoms with E-state index >= 15 is 0 Å². The summed E-state index contributed by atoms with van der Waals surface area (Å²) in [5.41, 5.74) is 7.75. The molecule has 1 aromatic carbocycles. The van der Waals surface area contributed by atoms with Crippen molar-refractivity contribution in [1.29, 1.82) is 0 Å². The average molecular weight is 327 g/mol. The van der Waals surface area contributed by atoms with Crippen LogP contribution in [0.25, 0.3) is 0 Å². The van der Waals surface area contributed by atoms with E-state index in [0.29, 0.717) is 32.3 Å². The quantitative estimate of drug-likeness (QED) is 0.442. The van der Waals surface area contributed by atoms with Crippen LogP contribution in [0, 0.1) is 0 Å². The smallest absolute Gasteiger partial charge is 0.193 e. The summed E-state index contributed by atoms with van der Waals surface area (Å²) in [4.78, 5) is 8.27. The second-order valence-corrected chi connectivity index (χ2v) is 5.27. The molecule has 7 heteroatoms. The molecule has 2 aromatic rings. The molecule has 0 atom stereocenters. The minimum Gasteiger partial charge on any atom is -0.490 e. The zero-order valence-corrected chi connectivity index (χ0v) is 13.4. The number of nitrogens with zero attached hydrogens (tertiary/aromatic N) is 2. The minimum absolute atomic E-state index is 0.362. The van der Waals surface area contributed by atoms with Gasteiger partial charge < -0.3 is 25.8 Å². The Morgan fingerprint density at radius 1 is 1.08 bits per heavy atom. The first-order valence-corrected chi connectivity index (χ1v) is 7.92. The number of aliphatic imine (C=N–C) groups is 1. The lowest BCUT2D eigenvalue weighted by Crippen LogP contribution is -2.23. The van der Waals surface area contributed by atoms with Crippen LogP contribution in [0.15, 0.2) is 47.7 Å². The Bertz CT molecular complexity index is 691. The molecule has 2 heterocycles. The van der Waals surface area contributed by atoms with Gasteiger partial charge in [0.2, 0.25) is 0 Å². The molecule has 0 unspecified atom stereocenters. The van der Waals surface area contributed by atoms with Gasteiger partial charge in [-0.3, -0.25) is 9.98 Å². The van der Waals surface area contributed by atoms with E-state index in [9.17, 15) is 0 Å². The van der Waals surface area contributed by atoms with Crippen LogP contribution in [-0.2, 0) is 0 Å². The molecule has 0 radical (unpaired) electrons. The third-order valence-electron chi connectivity index (χ3n) is 3.42. The third kappa shape index (κ3) is 4.52. The van der Waals surface area contributed by atoms with Crippen LogP contribution in [0.1, 0.15) is 6.42 Å². The first-order valence-electron chi connectivity index (χ1n) is 7.92. The predicted octanol–water partition coefficient (Wildman–Crippen LogP) is 2.08. The first-order chi connectivity index (χ1) is 11.8.